The van der Waals surface area contributed by atoms with Gasteiger partial charge in [0.25, 0.3) is 0 Å². The van der Waals surface area contributed by atoms with Crippen LogP contribution in [0.2, 0.25) is 0 Å². The van der Waals surface area contributed by atoms with Gasteiger partial charge in [0.15, 0.2) is 0 Å². The first-order valence-corrected chi connectivity index (χ1v) is 5.41. The molecule has 1 rings (SSSR count). The second-order valence-electron chi connectivity index (χ2n) is 3.71. The number of methoxy groups -OCH3 is 2. The standard InChI is InChI=1S/C12H14N2O5/c1-7-9(4-8(5-13)14-7)11(15)19-10(6-17-2)12(16)18-3/h4,10,14H,6H2,1-3H3. The Bertz CT molecular complexity index is 515. The molecule has 1 N–H and O–H groups in total. The Morgan fingerprint density at radius 1 is 1.47 bits per heavy atom. The highest BCUT2D eigenvalue weighted by Crippen LogP contribution is 2.12. The lowest BCUT2D eigenvalue weighted by molar-refractivity contribution is -0.153. The summed E-state index contributed by atoms with van der Waals surface area (Å²) in [5.74, 6) is -1.42. The third kappa shape index (κ3) is 3.56. The van der Waals surface area contributed by atoms with Gasteiger partial charge < -0.3 is 19.2 Å². The van der Waals surface area contributed by atoms with E-state index in [9.17, 15) is 9.59 Å². The van der Waals surface area contributed by atoms with Crippen LogP contribution in [0.15, 0.2) is 6.07 Å². The van der Waals surface area contributed by atoms with Gasteiger partial charge in [0.05, 0.1) is 19.3 Å². The molecule has 7 nitrogen and oxygen atoms in total. The van der Waals surface area contributed by atoms with Crippen LogP contribution in [0.4, 0.5) is 0 Å². The molecule has 7 heteroatoms. The summed E-state index contributed by atoms with van der Waals surface area (Å²) < 4.78 is 14.3. The number of nitrogens with zero attached hydrogens (tertiary/aromatic N) is 1. The Balaban J connectivity index is 2.84. The number of H-pyrrole nitrogens is 1. The van der Waals surface area contributed by atoms with E-state index < -0.39 is 18.0 Å². The average Bonchev–Trinajstić information content (AvgIpc) is 2.78. The summed E-state index contributed by atoms with van der Waals surface area (Å²) in [6.07, 6.45) is -1.14. The molecule has 0 spiro atoms. The van der Waals surface area contributed by atoms with Crippen molar-refractivity contribution in [1.82, 2.24) is 4.98 Å². The van der Waals surface area contributed by atoms with Crippen LogP contribution in [0.25, 0.3) is 0 Å². The fraction of sp³-hybridized carbons (Fsp3) is 0.417. The summed E-state index contributed by atoms with van der Waals surface area (Å²) in [6, 6.07) is 3.24. The van der Waals surface area contributed by atoms with Crippen LogP contribution in [0, 0.1) is 18.3 Å². The molecule has 0 fully saturated rings. The second kappa shape index (κ2) is 6.56. The smallest absolute Gasteiger partial charge is 0.349 e. The molecule has 102 valence electrons. The van der Waals surface area contributed by atoms with E-state index in [1.807, 2.05) is 6.07 Å². The first-order valence-electron chi connectivity index (χ1n) is 5.41. The van der Waals surface area contributed by atoms with Crippen molar-refractivity contribution in [3.05, 3.63) is 23.0 Å². The normalized spacial score (nSPS) is 11.5. The summed E-state index contributed by atoms with van der Waals surface area (Å²) in [7, 11) is 2.56. The highest BCUT2D eigenvalue weighted by molar-refractivity contribution is 5.93. The molecule has 0 amide bonds. The highest BCUT2D eigenvalue weighted by Gasteiger charge is 2.25. The van der Waals surface area contributed by atoms with E-state index in [-0.39, 0.29) is 17.9 Å². The molecule has 0 aliphatic rings. The molecular formula is C12H14N2O5. The zero-order valence-corrected chi connectivity index (χ0v) is 10.9. The average molecular weight is 266 g/mol. The third-order valence-corrected chi connectivity index (χ3v) is 2.39. The largest absolute Gasteiger partial charge is 0.466 e. The zero-order chi connectivity index (χ0) is 14.4. The van der Waals surface area contributed by atoms with Crippen molar-refractivity contribution in [2.75, 3.05) is 20.8 Å². The zero-order valence-electron chi connectivity index (χ0n) is 10.9. The molecule has 0 aromatic carbocycles. The van der Waals surface area contributed by atoms with Gasteiger partial charge in [0.1, 0.15) is 11.8 Å². The Morgan fingerprint density at radius 2 is 2.16 bits per heavy atom. The maximum absolute atomic E-state index is 11.9. The van der Waals surface area contributed by atoms with Gasteiger partial charge in [-0.1, -0.05) is 0 Å². The van der Waals surface area contributed by atoms with Gasteiger partial charge in [0, 0.05) is 12.8 Å². The number of hydrogen-bond donors (Lipinski definition) is 1. The number of carbonyl (C=O) groups excluding carboxylic acids is 2. The molecule has 0 radical (unpaired) electrons. The van der Waals surface area contributed by atoms with Crippen molar-refractivity contribution in [2.45, 2.75) is 13.0 Å². The Kier molecular flexibility index (Phi) is 5.09. The second-order valence-corrected chi connectivity index (χ2v) is 3.71. The van der Waals surface area contributed by atoms with Gasteiger partial charge in [0.2, 0.25) is 6.10 Å². The molecule has 1 aromatic heterocycles. The molecule has 1 atom stereocenters. The number of aromatic amines is 1. The van der Waals surface area contributed by atoms with E-state index in [0.717, 1.165) is 0 Å². The topological polar surface area (TPSA) is 101 Å². The predicted octanol–water partition coefficient (Wildman–Crippen LogP) is 0.540. The van der Waals surface area contributed by atoms with Gasteiger partial charge in [-0.2, -0.15) is 5.26 Å². The minimum atomic E-state index is -1.14. The maximum Gasteiger partial charge on any atom is 0.349 e. The Morgan fingerprint density at radius 3 is 2.63 bits per heavy atom. The number of esters is 2. The van der Waals surface area contributed by atoms with E-state index in [1.165, 1.54) is 20.3 Å². The number of nitriles is 1. The van der Waals surface area contributed by atoms with Crippen LogP contribution in [-0.2, 0) is 19.0 Å². The number of carbonyl (C=O) groups is 2. The minimum Gasteiger partial charge on any atom is -0.466 e. The SMILES string of the molecule is COCC(OC(=O)c1cc(C#N)[nH]c1C)C(=O)OC. The van der Waals surface area contributed by atoms with Crippen molar-refractivity contribution in [3.63, 3.8) is 0 Å². The lowest BCUT2D eigenvalue weighted by Crippen LogP contribution is -2.32. The molecule has 1 heterocycles. The van der Waals surface area contributed by atoms with Crippen LogP contribution in [0.5, 0.6) is 0 Å². The van der Waals surface area contributed by atoms with Gasteiger partial charge >= 0.3 is 11.9 Å². The number of nitrogens with one attached hydrogen (secondary N) is 1. The molecule has 0 saturated heterocycles. The number of rotatable bonds is 5. The van der Waals surface area contributed by atoms with E-state index >= 15 is 0 Å². The molecule has 0 aliphatic heterocycles. The molecule has 0 bridgehead atoms. The summed E-state index contributed by atoms with van der Waals surface area (Å²) in [5.41, 5.74) is 0.926. The number of ether oxygens (including phenoxy) is 3. The maximum atomic E-state index is 11.9. The molecule has 19 heavy (non-hydrogen) atoms. The molecular weight excluding hydrogens is 252 g/mol. The summed E-state index contributed by atoms with van der Waals surface area (Å²) >= 11 is 0. The summed E-state index contributed by atoms with van der Waals surface area (Å²) in [5, 5.41) is 8.72. The van der Waals surface area contributed by atoms with Gasteiger partial charge in [-0.15, -0.1) is 0 Å². The summed E-state index contributed by atoms with van der Waals surface area (Å²) in [6.45, 7) is 1.52. The number of hydrogen-bond acceptors (Lipinski definition) is 6. The minimum absolute atomic E-state index is 0.104. The Hall–Kier alpha value is -2.33. The van der Waals surface area contributed by atoms with Gasteiger partial charge in [-0.3, -0.25) is 0 Å². The quantitative estimate of drug-likeness (QED) is 0.780. The van der Waals surface area contributed by atoms with Crippen molar-refractivity contribution in [2.24, 2.45) is 0 Å². The van der Waals surface area contributed by atoms with Gasteiger partial charge in [-0.25, -0.2) is 9.59 Å². The third-order valence-electron chi connectivity index (χ3n) is 2.39. The van der Waals surface area contributed by atoms with E-state index in [4.69, 9.17) is 14.7 Å². The molecule has 0 aliphatic carbocycles. The van der Waals surface area contributed by atoms with Crippen LogP contribution in [-0.4, -0.2) is 43.9 Å². The van der Waals surface area contributed by atoms with Crippen LogP contribution in [0.1, 0.15) is 21.7 Å². The lowest BCUT2D eigenvalue weighted by atomic mass is 10.2. The fourth-order valence-corrected chi connectivity index (χ4v) is 1.46. The van der Waals surface area contributed by atoms with Crippen LogP contribution >= 0.6 is 0 Å². The highest BCUT2D eigenvalue weighted by atomic mass is 16.6. The molecule has 0 saturated carbocycles. The van der Waals surface area contributed by atoms with Crippen LogP contribution < -0.4 is 0 Å². The van der Waals surface area contributed by atoms with Gasteiger partial charge in [-0.05, 0) is 13.0 Å². The first-order chi connectivity index (χ1) is 9.03. The van der Waals surface area contributed by atoms with Crippen LogP contribution in [0.3, 0.4) is 0 Å². The predicted molar refractivity (Wildman–Crippen MR) is 63.3 cm³/mol. The van der Waals surface area contributed by atoms with Crippen molar-refractivity contribution < 1.29 is 23.8 Å². The lowest BCUT2D eigenvalue weighted by Gasteiger charge is -2.14. The number of aromatic nitrogens is 1. The monoisotopic (exact) mass is 266 g/mol. The van der Waals surface area contributed by atoms with E-state index in [0.29, 0.717) is 5.69 Å². The molecule has 1 aromatic rings. The van der Waals surface area contributed by atoms with Crippen molar-refractivity contribution in [3.8, 4) is 6.07 Å². The summed E-state index contributed by atoms with van der Waals surface area (Å²) in [4.78, 5) is 26.0. The Labute approximate surface area is 110 Å². The van der Waals surface area contributed by atoms with E-state index in [1.54, 1.807) is 6.92 Å². The first kappa shape index (κ1) is 14.7. The fourth-order valence-electron chi connectivity index (χ4n) is 1.46. The van der Waals surface area contributed by atoms with Crippen molar-refractivity contribution in [1.29, 1.82) is 5.26 Å². The molecule has 1 unspecified atom stereocenters. The van der Waals surface area contributed by atoms with E-state index in [2.05, 4.69) is 9.72 Å². The number of aryl methyl sites for hydroxylation is 1. The van der Waals surface area contributed by atoms with Crippen molar-refractivity contribution >= 4 is 11.9 Å².